The van der Waals surface area contributed by atoms with Crippen molar-refractivity contribution in [1.82, 2.24) is 10.2 Å². The maximum Gasteiger partial charge on any atom is 0.257 e. The molecule has 138 valence electrons. The number of halogens is 1. The molecule has 26 heavy (non-hydrogen) atoms. The highest BCUT2D eigenvalue weighted by Crippen LogP contribution is 2.25. The number of hydrogen-bond acceptors (Lipinski definition) is 3. The van der Waals surface area contributed by atoms with Crippen molar-refractivity contribution >= 4 is 5.91 Å². The van der Waals surface area contributed by atoms with Gasteiger partial charge in [0.2, 0.25) is 0 Å². The van der Waals surface area contributed by atoms with Crippen molar-refractivity contribution < 1.29 is 13.9 Å². The van der Waals surface area contributed by atoms with Crippen molar-refractivity contribution in [3.8, 4) is 16.9 Å². The second kappa shape index (κ2) is 8.32. The second-order valence-corrected chi connectivity index (χ2v) is 6.57. The van der Waals surface area contributed by atoms with Gasteiger partial charge < -0.3 is 15.0 Å². The van der Waals surface area contributed by atoms with E-state index < -0.39 is 5.82 Å². The predicted molar refractivity (Wildman–Crippen MR) is 101 cm³/mol. The Kier molecular flexibility index (Phi) is 5.89. The zero-order valence-corrected chi connectivity index (χ0v) is 15.3. The minimum Gasteiger partial charge on any atom is -0.497 e. The summed E-state index contributed by atoms with van der Waals surface area (Å²) in [6.45, 7) is 4.35. The van der Waals surface area contributed by atoms with E-state index in [1.165, 1.54) is 6.07 Å². The van der Waals surface area contributed by atoms with Crippen molar-refractivity contribution in [1.29, 1.82) is 0 Å². The Morgan fingerprint density at radius 1 is 1.23 bits per heavy atom. The molecule has 0 aliphatic carbocycles. The van der Waals surface area contributed by atoms with E-state index in [1.807, 2.05) is 36.1 Å². The molecule has 1 atom stereocenters. The van der Waals surface area contributed by atoms with Crippen molar-refractivity contribution in [2.45, 2.75) is 25.8 Å². The van der Waals surface area contributed by atoms with Gasteiger partial charge in [-0.3, -0.25) is 4.79 Å². The molecule has 1 amide bonds. The van der Waals surface area contributed by atoms with Crippen molar-refractivity contribution in [2.24, 2.45) is 0 Å². The topological polar surface area (TPSA) is 41.6 Å². The van der Waals surface area contributed by atoms with Crippen LogP contribution in [0.25, 0.3) is 11.1 Å². The van der Waals surface area contributed by atoms with E-state index in [0.29, 0.717) is 6.54 Å². The summed E-state index contributed by atoms with van der Waals surface area (Å²) in [7, 11) is 1.61. The highest BCUT2D eigenvalue weighted by atomic mass is 19.1. The van der Waals surface area contributed by atoms with Gasteiger partial charge in [-0.1, -0.05) is 25.1 Å². The number of nitrogens with zero attached hydrogens (tertiary/aromatic N) is 1. The third-order valence-electron chi connectivity index (χ3n) is 4.82. The number of carbonyl (C=O) groups excluding carboxylic acids is 1. The summed E-state index contributed by atoms with van der Waals surface area (Å²) in [5, 5.41) is 3.27. The van der Waals surface area contributed by atoms with Gasteiger partial charge in [-0.25, -0.2) is 4.39 Å². The van der Waals surface area contributed by atoms with E-state index in [-0.39, 0.29) is 17.5 Å². The van der Waals surface area contributed by atoms with Gasteiger partial charge in [-0.05, 0) is 54.8 Å². The van der Waals surface area contributed by atoms with Gasteiger partial charge >= 0.3 is 0 Å². The van der Waals surface area contributed by atoms with Crippen LogP contribution >= 0.6 is 0 Å². The largest absolute Gasteiger partial charge is 0.497 e. The second-order valence-electron chi connectivity index (χ2n) is 6.57. The summed E-state index contributed by atoms with van der Waals surface area (Å²) in [5.41, 5.74) is 1.77. The number of ether oxygens (including phenoxy) is 1. The average Bonchev–Trinajstić information content (AvgIpc) is 3.20. The molecule has 5 heteroatoms. The summed E-state index contributed by atoms with van der Waals surface area (Å²) < 4.78 is 19.9. The molecule has 1 unspecified atom stereocenters. The van der Waals surface area contributed by atoms with Gasteiger partial charge in [0, 0.05) is 19.1 Å². The lowest BCUT2D eigenvalue weighted by molar-refractivity contribution is 0.0687. The number of benzene rings is 2. The van der Waals surface area contributed by atoms with Gasteiger partial charge in [0.15, 0.2) is 0 Å². The molecule has 0 spiro atoms. The van der Waals surface area contributed by atoms with Gasteiger partial charge in [0.1, 0.15) is 11.6 Å². The molecule has 1 aliphatic heterocycles. The molecule has 0 bridgehead atoms. The quantitative estimate of drug-likeness (QED) is 0.858. The minimum absolute atomic E-state index is 0.141. The molecule has 1 aliphatic rings. The molecule has 2 aromatic carbocycles. The van der Waals surface area contributed by atoms with Crippen LogP contribution in [0.4, 0.5) is 4.39 Å². The average molecular weight is 356 g/mol. The molecule has 1 heterocycles. The van der Waals surface area contributed by atoms with Crippen LogP contribution in [0.2, 0.25) is 0 Å². The summed E-state index contributed by atoms with van der Waals surface area (Å²) in [4.78, 5) is 14.7. The maximum atomic E-state index is 14.7. The normalized spacial score (nSPS) is 16.5. The molecule has 0 saturated carbocycles. The molecule has 1 fully saturated rings. The summed E-state index contributed by atoms with van der Waals surface area (Å²) in [5.74, 6) is 0.0520. The summed E-state index contributed by atoms with van der Waals surface area (Å²) in [6, 6.07) is 12.4. The number of amides is 1. The molecular formula is C21H25FN2O2. The standard InChI is InChI=1S/C21H25FN2O2/c1-3-12-24(17-10-11-23-14-17)21(25)19-9-6-16(13-20(19)22)15-4-7-18(26-2)8-5-15/h4-9,13,17,23H,3,10-12,14H2,1-2H3. The molecule has 4 nitrogen and oxygen atoms in total. The first-order valence-corrected chi connectivity index (χ1v) is 9.09. The summed E-state index contributed by atoms with van der Waals surface area (Å²) in [6.07, 6.45) is 1.77. The van der Waals surface area contributed by atoms with Crippen LogP contribution in [0.5, 0.6) is 5.75 Å². The van der Waals surface area contributed by atoms with Gasteiger partial charge in [-0.15, -0.1) is 0 Å². The smallest absolute Gasteiger partial charge is 0.257 e. The lowest BCUT2D eigenvalue weighted by Crippen LogP contribution is -2.42. The lowest BCUT2D eigenvalue weighted by Gasteiger charge is -2.28. The highest BCUT2D eigenvalue weighted by molar-refractivity contribution is 5.95. The van der Waals surface area contributed by atoms with Crippen LogP contribution in [0.3, 0.4) is 0 Å². The van der Waals surface area contributed by atoms with Gasteiger partial charge in [0.05, 0.1) is 12.7 Å². The van der Waals surface area contributed by atoms with E-state index in [0.717, 1.165) is 42.8 Å². The summed E-state index contributed by atoms with van der Waals surface area (Å²) >= 11 is 0. The fraction of sp³-hybridized carbons (Fsp3) is 0.381. The van der Waals surface area contributed by atoms with E-state index >= 15 is 0 Å². The first kappa shape index (κ1) is 18.4. The molecule has 3 rings (SSSR count). The van der Waals surface area contributed by atoms with Crippen molar-refractivity contribution in [2.75, 3.05) is 26.7 Å². The Labute approximate surface area is 154 Å². The van der Waals surface area contributed by atoms with Crippen LogP contribution in [-0.4, -0.2) is 43.6 Å². The van der Waals surface area contributed by atoms with E-state index in [9.17, 15) is 9.18 Å². The number of methoxy groups -OCH3 is 1. The van der Waals surface area contributed by atoms with Crippen LogP contribution in [-0.2, 0) is 0 Å². The SMILES string of the molecule is CCCN(C(=O)c1ccc(-c2ccc(OC)cc2)cc1F)C1CCNC1. The van der Waals surface area contributed by atoms with Crippen LogP contribution < -0.4 is 10.1 Å². The number of nitrogens with one attached hydrogen (secondary N) is 1. The third-order valence-corrected chi connectivity index (χ3v) is 4.82. The van der Waals surface area contributed by atoms with Crippen LogP contribution in [0, 0.1) is 5.82 Å². The predicted octanol–water partition coefficient (Wildman–Crippen LogP) is 3.72. The molecule has 2 aromatic rings. The zero-order valence-electron chi connectivity index (χ0n) is 15.3. The number of rotatable bonds is 6. The monoisotopic (exact) mass is 356 g/mol. The minimum atomic E-state index is -0.477. The number of carbonyl (C=O) groups is 1. The first-order valence-electron chi connectivity index (χ1n) is 9.09. The molecule has 0 aromatic heterocycles. The molecule has 0 radical (unpaired) electrons. The maximum absolute atomic E-state index is 14.7. The Morgan fingerprint density at radius 2 is 1.96 bits per heavy atom. The Bertz CT molecular complexity index is 755. The van der Waals surface area contributed by atoms with Crippen molar-refractivity contribution in [3.05, 3.63) is 53.8 Å². The van der Waals surface area contributed by atoms with E-state index in [4.69, 9.17) is 4.74 Å². The molecule has 1 saturated heterocycles. The molecule has 1 N–H and O–H groups in total. The highest BCUT2D eigenvalue weighted by Gasteiger charge is 2.28. The van der Waals surface area contributed by atoms with Gasteiger partial charge in [0.25, 0.3) is 5.91 Å². The number of hydrogen-bond donors (Lipinski definition) is 1. The van der Waals surface area contributed by atoms with E-state index in [1.54, 1.807) is 19.2 Å². The fourth-order valence-electron chi connectivity index (χ4n) is 3.40. The Morgan fingerprint density at radius 3 is 2.54 bits per heavy atom. The lowest BCUT2D eigenvalue weighted by atomic mass is 10.0. The first-order chi connectivity index (χ1) is 12.6. The van der Waals surface area contributed by atoms with E-state index in [2.05, 4.69) is 5.32 Å². The Balaban J connectivity index is 1.84. The third kappa shape index (κ3) is 3.88. The Hall–Kier alpha value is -2.40. The fourth-order valence-corrected chi connectivity index (χ4v) is 3.40. The van der Waals surface area contributed by atoms with Crippen LogP contribution in [0.15, 0.2) is 42.5 Å². The molecular weight excluding hydrogens is 331 g/mol. The van der Waals surface area contributed by atoms with Crippen LogP contribution in [0.1, 0.15) is 30.1 Å². The van der Waals surface area contributed by atoms with Gasteiger partial charge in [-0.2, -0.15) is 0 Å². The van der Waals surface area contributed by atoms with Crippen molar-refractivity contribution in [3.63, 3.8) is 0 Å². The zero-order chi connectivity index (χ0) is 18.5.